The van der Waals surface area contributed by atoms with Gasteiger partial charge in [0, 0.05) is 19.7 Å². The van der Waals surface area contributed by atoms with Gasteiger partial charge in [0.15, 0.2) is 0 Å². The van der Waals surface area contributed by atoms with E-state index in [1.54, 1.807) is 7.11 Å². The normalized spacial score (nSPS) is 14.1. The summed E-state index contributed by atoms with van der Waals surface area (Å²) < 4.78 is 5.04. The Morgan fingerprint density at radius 1 is 1.55 bits per heavy atom. The zero-order chi connectivity index (χ0) is 8.53. The van der Waals surface area contributed by atoms with E-state index >= 15 is 0 Å². The first kappa shape index (κ1) is 10.7. The van der Waals surface area contributed by atoms with E-state index in [0.29, 0.717) is 6.04 Å². The summed E-state index contributed by atoms with van der Waals surface area (Å²) in [6.07, 6.45) is 5.27. The minimum absolute atomic E-state index is 0.496. The number of ether oxygens (including phenoxy) is 1. The van der Waals surface area contributed by atoms with Gasteiger partial charge < -0.3 is 10.1 Å². The fourth-order valence-corrected chi connectivity index (χ4v) is 0.875. The van der Waals surface area contributed by atoms with Gasteiger partial charge in [-0.2, -0.15) is 0 Å². The van der Waals surface area contributed by atoms with Crippen molar-refractivity contribution in [1.82, 2.24) is 5.32 Å². The van der Waals surface area contributed by atoms with E-state index in [2.05, 4.69) is 18.3 Å². The highest BCUT2D eigenvalue weighted by molar-refractivity contribution is 4.81. The molecule has 0 radical (unpaired) electrons. The number of allylic oxidation sites excluding steroid dienone is 1. The second-order valence-corrected chi connectivity index (χ2v) is 2.54. The van der Waals surface area contributed by atoms with Crippen molar-refractivity contribution in [2.24, 2.45) is 0 Å². The summed E-state index contributed by atoms with van der Waals surface area (Å²) in [6, 6.07) is 0.496. The first-order valence-electron chi connectivity index (χ1n) is 4.18. The van der Waals surface area contributed by atoms with Crippen molar-refractivity contribution in [2.75, 3.05) is 20.3 Å². The Kier molecular flexibility index (Phi) is 7.52. The van der Waals surface area contributed by atoms with Crippen LogP contribution in [0.15, 0.2) is 12.2 Å². The number of nitrogens with one attached hydrogen (secondary N) is 1. The Morgan fingerprint density at radius 3 is 2.73 bits per heavy atom. The van der Waals surface area contributed by atoms with Crippen molar-refractivity contribution in [3.8, 4) is 0 Å². The Morgan fingerprint density at radius 2 is 2.27 bits per heavy atom. The molecule has 2 nitrogen and oxygen atoms in total. The Labute approximate surface area is 69.6 Å². The summed E-state index contributed by atoms with van der Waals surface area (Å²) in [5.41, 5.74) is 0. The van der Waals surface area contributed by atoms with Gasteiger partial charge in [-0.15, -0.1) is 0 Å². The van der Waals surface area contributed by atoms with Crippen LogP contribution in [0.4, 0.5) is 0 Å². The monoisotopic (exact) mass is 157 g/mol. The highest BCUT2D eigenvalue weighted by Gasteiger charge is 2.01. The molecule has 0 rings (SSSR count). The Hall–Kier alpha value is -0.340. The molecule has 0 aliphatic rings. The first-order chi connectivity index (χ1) is 5.35. The fraction of sp³-hybridized carbons (Fsp3) is 0.778. The molecule has 0 aromatic rings. The maximum atomic E-state index is 5.04. The molecule has 0 aliphatic carbocycles. The lowest BCUT2D eigenvalue weighted by atomic mass is 10.2. The van der Waals surface area contributed by atoms with Crippen LogP contribution in [0.3, 0.4) is 0 Å². The summed E-state index contributed by atoms with van der Waals surface area (Å²) in [5, 5.41) is 3.36. The van der Waals surface area contributed by atoms with E-state index in [9.17, 15) is 0 Å². The lowest BCUT2D eigenvalue weighted by Crippen LogP contribution is -2.32. The maximum Gasteiger partial charge on any atom is 0.0615 e. The van der Waals surface area contributed by atoms with E-state index in [4.69, 9.17) is 4.74 Å². The molecular weight excluding hydrogens is 138 g/mol. The second kappa shape index (κ2) is 7.76. The molecule has 0 heterocycles. The van der Waals surface area contributed by atoms with E-state index in [1.165, 1.54) is 0 Å². The van der Waals surface area contributed by atoms with E-state index in [-0.39, 0.29) is 0 Å². The highest BCUT2D eigenvalue weighted by Crippen LogP contribution is 1.90. The quantitative estimate of drug-likeness (QED) is 0.591. The van der Waals surface area contributed by atoms with Crippen LogP contribution in [0, 0.1) is 0 Å². The van der Waals surface area contributed by atoms with Gasteiger partial charge >= 0.3 is 0 Å². The van der Waals surface area contributed by atoms with Crippen LogP contribution < -0.4 is 5.32 Å². The van der Waals surface area contributed by atoms with E-state index in [1.807, 2.05) is 13.0 Å². The molecule has 11 heavy (non-hydrogen) atoms. The lowest BCUT2D eigenvalue weighted by Gasteiger charge is -2.13. The van der Waals surface area contributed by atoms with Gasteiger partial charge in [-0.25, -0.2) is 0 Å². The van der Waals surface area contributed by atoms with Crippen molar-refractivity contribution in [1.29, 1.82) is 0 Å². The van der Waals surface area contributed by atoms with Gasteiger partial charge in [0.1, 0.15) is 0 Å². The fourth-order valence-electron chi connectivity index (χ4n) is 0.875. The molecule has 1 N–H and O–H groups in total. The number of rotatable bonds is 6. The minimum atomic E-state index is 0.496. The maximum absolute atomic E-state index is 5.04. The molecule has 1 unspecified atom stereocenters. The van der Waals surface area contributed by atoms with Crippen LogP contribution in [-0.4, -0.2) is 26.3 Å². The largest absolute Gasteiger partial charge is 0.383 e. The third-order valence-corrected chi connectivity index (χ3v) is 1.62. The zero-order valence-corrected chi connectivity index (χ0v) is 7.76. The van der Waals surface area contributed by atoms with Crippen molar-refractivity contribution >= 4 is 0 Å². The molecule has 0 fully saturated rings. The van der Waals surface area contributed by atoms with Crippen LogP contribution in [0.2, 0.25) is 0 Å². The molecule has 0 saturated heterocycles. The summed E-state index contributed by atoms with van der Waals surface area (Å²) in [5.74, 6) is 0. The Bertz CT molecular complexity index is 102. The van der Waals surface area contributed by atoms with Gasteiger partial charge in [0.05, 0.1) is 6.61 Å². The molecular formula is C9H19NO. The summed E-state index contributed by atoms with van der Waals surface area (Å²) in [7, 11) is 1.74. The van der Waals surface area contributed by atoms with Gasteiger partial charge in [-0.3, -0.25) is 0 Å². The minimum Gasteiger partial charge on any atom is -0.383 e. The van der Waals surface area contributed by atoms with E-state index < -0.39 is 0 Å². The van der Waals surface area contributed by atoms with Gasteiger partial charge in [0.25, 0.3) is 0 Å². The zero-order valence-electron chi connectivity index (χ0n) is 7.76. The molecule has 0 aliphatic heterocycles. The highest BCUT2D eigenvalue weighted by atomic mass is 16.5. The summed E-state index contributed by atoms with van der Waals surface area (Å²) >= 11 is 0. The molecule has 1 atom stereocenters. The van der Waals surface area contributed by atoms with Crippen molar-refractivity contribution < 1.29 is 4.74 Å². The van der Waals surface area contributed by atoms with Crippen LogP contribution in [0.5, 0.6) is 0 Å². The average Bonchev–Trinajstić information content (AvgIpc) is 2.03. The Balaban J connectivity index is 3.35. The first-order valence-corrected chi connectivity index (χ1v) is 4.18. The third-order valence-electron chi connectivity index (χ3n) is 1.62. The van der Waals surface area contributed by atoms with Crippen molar-refractivity contribution in [3.63, 3.8) is 0 Å². The van der Waals surface area contributed by atoms with Crippen molar-refractivity contribution in [3.05, 3.63) is 12.2 Å². The smallest absolute Gasteiger partial charge is 0.0615 e. The SMILES string of the molecule is C/C=C/CNC(CC)COC. The van der Waals surface area contributed by atoms with Gasteiger partial charge in [0.2, 0.25) is 0 Å². The van der Waals surface area contributed by atoms with Crippen LogP contribution in [0.1, 0.15) is 20.3 Å². The predicted molar refractivity (Wildman–Crippen MR) is 48.8 cm³/mol. The number of hydrogen-bond donors (Lipinski definition) is 1. The molecule has 66 valence electrons. The lowest BCUT2D eigenvalue weighted by molar-refractivity contribution is 0.166. The van der Waals surface area contributed by atoms with E-state index in [0.717, 1.165) is 19.6 Å². The molecule has 0 amide bonds. The summed E-state index contributed by atoms with van der Waals surface area (Å²) in [4.78, 5) is 0. The van der Waals surface area contributed by atoms with Crippen LogP contribution >= 0.6 is 0 Å². The molecule has 2 heteroatoms. The molecule has 0 aromatic heterocycles. The number of methoxy groups -OCH3 is 1. The van der Waals surface area contributed by atoms with Crippen LogP contribution in [0.25, 0.3) is 0 Å². The summed E-state index contributed by atoms with van der Waals surface area (Å²) in [6.45, 7) is 5.93. The third kappa shape index (κ3) is 6.07. The average molecular weight is 157 g/mol. The van der Waals surface area contributed by atoms with Gasteiger partial charge in [-0.05, 0) is 13.3 Å². The van der Waals surface area contributed by atoms with Crippen molar-refractivity contribution in [2.45, 2.75) is 26.3 Å². The molecule has 0 saturated carbocycles. The molecule has 0 spiro atoms. The van der Waals surface area contributed by atoms with Crippen LogP contribution in [-0.2, 0) is 4.74 Å². The molecule has 0 bridgehead atoms. The second-order valence-electron chi connectivity index (χ2n) is 2.54. The van der Waals surface area contributed by atoms with Gasteiger partial charge in [-0.1, -0.05) is 19.1 Å². The number of hydrogen-bond acceptors (Lipinski definition) is 2. The topological polar surface area (TPSA) is 21.3 Å². The standard InChI is InChI=1S/C9H19NO/c1-4-6-7-10-9(5-2)8-11-3/h4,6,9-10H,5,7-8H2,1-3H3/b6-4+. The predicted octanol–water partition coefficient (Wildman–Crippen LogP) is 1.58. The molecule has 0 aromatic carbocycles.